The van der Waals surface area contributed by atoms with Gasteiger partial charge in [0.25, 0.3) is 5.91 Å². The number of nitrogen functional groups attached to an aromatic ring is 1. The summed E-state index contributed by atoms with van der Waals surface area (Å²) >= 11 is 0. The molecule has 3 N–H and O–H groups in total. The summed E-state index contributed by atoms with van der Waals surface area (Å²) in [6.07, 6.45) is 4.95. The third-order valence-electron chi connectivity index (χ3n) is 5.72. The molecule has 1 fully saturated rings. The summed E-state index contributed by atoms with van der Waals surface area (Å²) in [7, 11) is 0. The van der Waals surface area contributed by atoms with Crippen LogP contribution in [-0.4, -0.2) is 50.7 Å². The van der Waals surface area contributed by atoms with Crippen molar-refractivity contribution in [2.24, 2.45) is 11.7 Å². The lowest BCUT2D eigenvalue weighted by Crippen LogP contribution is -2.41. The molecule has 0 aliphatic carbocycles. The second kappa shape index (κ2) is 8.69. The number of pyridine rings is 1. The molecule has 8 nitrogen and oxygen atoms in total. The van der Waals surface area contributed by atoms with Crippen molar-refractivity contribution in [3.05, 3.63) is 59.9 Å². The number of nitrogens with zero attached hydrogens (tertiary/aromatic N) is 3. The molecule has 0 saturated carbocycles. The topological polar surface area (TPSA) is 114 Å². The van der Waals surface area contributed by atoms with E-state index >= 15 is 0 Å². The molecular formula is C25H29N5O3. The smallest absolute Gasteiger partial charge is 0.309 e. The van der Waals surface area contributed by atoms with E-state index in [0.29, 0.717) is 42.7 Å². The third-order valence-corrected chi connectivity index (χ3v) is 5.72. The Hall–Kier alpha value is -3.68. The summed E-state index contributed by atoms with van der Waals surface area (Å²) in [6, 6.07) is 10.9. The minimum Gasteiger partial charge on any atom is -0.460 e. The lowest BCUT2D eigenvalue weighted by molar-refractivity contribution is -0.161. The van der Waals surface area contributed by atoms with Gasteiger partial charge in [0.2, 0.25) is 0 Å². The Morgan fingerprint density at radius 2 is 1.79 bits per heavy atom. The van der Waals surface area contributed by atoms with Gasteiger partial charge in [0, 0.05) is 36.6 Å². The van der Waals surface area contributed by atoms with Gasteiger partial charge in [-0.05, 0) is 57.9 Å². The van der Waals surface area contributed by atoms with Crippen LogP contribution < -0.4 is 5.73 Å². The van der Waals surface area contributed by atoms with Crippen molar-refractivity contribution < 1.29 is 14.3 Å². The highest BCUT2D eigenvalue weighted by Gasteiger charge is 2.31. The molecule has 0 radical (unpaired) electrons. The van der Waals surface area contributed by atoms with Gasteiger partial charge in [-0.3, -0.25) is 15.0 Å². The van der Waals surface area contributed by atoms with E-state index in [0.717, 1.165) is 11.3 Å². The minimum absolute atomic E-state index is 0.0332. The maximum Gasteiger partial charge on any atom is 0.309 e. The summed E-state index contributed by atoms with van der Waals surface area (Å²) in [5, 5.41) is 7.73. The number of aromatic nitrogens is 2. The van der Waals surface area contributed by atoms with Crippen LogP contribution in [0.25, 0.3) is 16.9 Å². The fraction of sp³-hybridized carbons (Fsp3) is 0.360. The molecule has 1 aliphatic heterocycles. The molecule has 0 spiro atoms. The molecule has 8 heteroatoms. The average Bonchev–Trinajstić information content (AvgIpc) is 3.22. The number of amides is 1. The first-order valence-electron chi connectivity index (χ1n) is 11.1. The second-order valence-electron chi connectivity index (χ2n) is 9.37. The van der Waals surface area contributed by atoms with Gasteiger partial charge in [0.05, 0.1) is 17.2 Å². The third kappa shape index (κ3) is 4.89. The van der Waals surface area contributed by atoms with Gasteiger partial charge in [-0.1, -0.05) is 12.1 Å². The Balaban J connectivity index is 1.43. The number of hydrogen-bond acceptors (Lipinski definition) is 5. The van der Waals surface area contributed by atoms with Crippen LogP contribution in [0.5, 0.6) is 0 Å². The zero-order chi connectivity index (χ0) is 23.8. The van der Waals surface area contributed by atoms with E-state index in [1.807, 2.05) is 55.8 Å². The molecule has 3 aromatic rings. The number of amidine groups is 1. The number of fused-ring (bicyclic) bond motifs is 1. The van der Waals surface area contributed by atoms with Crippen molar-refractivity contribution in [3.8, 4) is 11.3 Å². The minimum atomic E-state index is -0.500. The molecule has 172 valence electrons. The standard InChI is InChI=1S/C25H29N5O3/c1-25(2,3)33-24(32)18-10-13-29(14-11-18)23(31)17-8-6-16(7-9-17)20-15-30-12-4-5-19(21(26)27)22(30)28-20/h4-9,12,15,18H,10-11,13-14H2,1-3H3,(H3,26,27). The number of nitrogens with two attached hydrogens (primary N) is 1. The lowest BCUT2D eigenvalue weighted by atomic mass is 9.96. The fourth-order valence-electron chi connectivity index (χ4n) is 4.03. The molecule has 1 saturated heterocycles. The van der Waals surface area contributed by atoms with Crippen LogP contribution in [0.15, 0.2) is 48.8 Å². The zero-order valence-corrected chi connectivity index (χ0v) is 19.2. The highest BCUT2D eigenvalue weighted by atomic mass is 16.6. The summed E-state index contributed by atoms with van der Waals surface area (Å²) in [5.41, 5.74) is 8.56. The number of imidazole rings is 1. The van der Waals surface area contributed by atoms with Crippen LogP contribution in [-0.2, 0) is 9.53 Å². The highest BCUT2D eigenvalue weighted by Crippen LogP contribution is 2.25. The van der Waals surface area contributed by atoms with Crippen molar-refractivity contribution in [2.45, 2.75) is 39.2 Å². The van der Waals surface area contributed by atoms with E-state index in [-0.39, 0.29) is 23.6 Å². The number of ether oxygens (including phenoxy) is 1. The molecule has 1 amide bonds. The first-order chi connectivity index (χ1) is 15.6. The summed E-state index contributed by atoms with van der Waals surface area (Å²) in [4.78, 5) is 31.7. The van der Waals surface area contributed by atoms with E-state index in [1.54, 1.807) is 23.1 Å². The van der Waals surface area contributed by atoms with E-state index < -0.39 is 5.60 Å². The molecule has 4 rings (SSSR count). The largest absolute Gasteiger partial charge is 0.460 e. The summed E-state index contributed by atoms with van der Waals surface area (Å²) in [6.45, 7) is 6.65. The van der Waals surface area contributed by atoms with Crippen LogP contribution in [0.3, 0.4) is 0 Å². The van der Waals surface area contributed by atoms with Gasteiger partial charge < -0.3 is 19.8 Å². The van der Waals surface area contributed by atoms with Crippen molar-refractivity contribution in [2.75, 3.05) is 13.1 Å². The zero-order valence-electron chi connectivity index (χ0n) is 19.2. The quantitative estimate of drug-likeness (QED) is 0.361. The number of benzene rings is 1. The number of carbonyl (C=O) groups excluding carboxylic acids is 2. The second-order valence-corrected chi connectivity index (χ2v) is 9.37. The van der Waals surface area contributed by atoms with Gasteiger partial charge in [-0.2, -0.15) is 0 Å². The normalized spacial score (nSPS) is 14.9. The molecule has 33 heavy (non-hydrogen) atoms. The Bertz CT molecular complexity index is 1200. The summed E-state index contributed by atoms with van der Waals surface area (Å²) < 4.78 is 7.32. The molecule has 1 aromatic carbocycles. The number of piperidine rings is 1. The van der Waals surface area contributed by atoms with Crippen molar-refractivity contribution >= 4 is 23.4 Å². The van der Waals surface area contributed by atoms with Gasteiger partial charge in [-0.15, -0.1) is 0 Å². The Labute approximate surface area is 192 Å². The van der Waals surface area contributed by atoms with Gasteiger partial charge in [0.15, 0.2) is 0 Å². The number of hydrogen-bond donors (Lipinski definition) is 2. The van der Waals surface area contributed by atoms with E-state index in [2.05, 4.69) is 4.98 Å². The Kier molecular flexibility index (Phi) is 5.93. The predicted molar refractivity (Wildman–Crippen MR) is 126 cm³/mol. The number of esters is 1. The van der Waals surface area contributed by atoms with E-state index in [4.69, 9.17) is 15.9 Å². The number of carbonyl (C=O) groups is 2. The van der Waals surface area contributed by atoms with Gasteiger partial charge >= 0.3 is 5.97 Å². The van der Waals surface area contributed by atoms with Crippen LogP contribution in [0, 0.1) is 11.3 Å². The van der Waals surface area contributed by atoms with Crippen LogP contribution >= 0.6 is 0 Å². The summed E-state index contributed by atoms with van der Waals surface area (Å²) in [5.74, 6) is -0.419. The maximum atomic E-state index is 13.0. The molecular weight excluding hydrogens is 418 g/mol. The maximum absolute atomic E-state index is 13.0. The van der Waals surface area contributed by atoms with E-state index in [1.165, 1.54) is 0 Å². The molecule has 2 aromatic heterocycles. The first-order valence-corrected chi connectivity index (χ1v) is 11.1. The van der Waals surface area contributed by atoms with Gasteiger partial charge in [-0.25, -0.2) is 4.98 Å². The average molecular weight is 448 g/mol. The number of nitrogens with one attached hydrogen (secondary N) is 1. The predicted octanol–water partition coefficient (Wildman–Crippen LogP) is 3.48. The Morgan fingerprint density at radius 1 is 1.12 bits per heavy atom. The van der Waals surface area contributed by atoms with Crippen LogP contribution in [0.4, 0.5) is 0 Å². The lowest BCUT2D eigenvalue weighted by Gasteiger charge is -2.32. The molecule has 0 atom stereocenters. The van der Waals surface area contributed by atoms with Crippen LogP contribution in [0.1, 0.15) is 49.5 Å². The SMILES string of the molecule is CC(C)(C)OC(=O)C1CCN(C(=O)c2ccc(-c3cn4cccc(C(=N)N)c4n3)cc2)CC1. The number of rotatable bonds is 4. The monoisotopic (exact) mass is 447 g/mol. The molecule has 0 bridgehead atoms. The molecule has 0 unspecified atom stereocenters. The van der Waals surface area contributed by atoms with Crippen molar-refractivity contribution in [1.82, 2.24) is 14.3 Å². The number of likely N-dealkylation sites (tertiary alicyclic amines) is 1. The van der Waals surface area contributed by atoms with E-state index in [9.17, 15) is 9.59 Å². The molecule has 1 aliphatic rings. The van der Waals surface area contributed by atoms with Crippen molar-refractivity contribution in [1.29, 1.82) is 5.41 Å². The fourth-order valence-corrected chi connectivity index (χ4v) is 4.03. The van der Waals surface area contributed by atoms with Crippen LogP contribution in [0.2, 0.25) is 0 Å². The first kappa shape index (κ1) is 22.5. The van der Waals surface area contributed by atoms with Crippen molar-refractivity contribution in [3.63, 3.8) is 0 Å². The highest BCUT2D eigenvalue weighted by molar-refractivity contribution is 6.00. The Morgan fingerprint density at radius 3 is 2.39 bits per heavy atom. The molecule has 3 heterocycles. The van der Waals surface area contributed by atoms with Gasteiger partial charge in [0.1, 0.15) is 17.1 Å².